The molecule has 0 radical (unpaired) electrons. The number of rotatable bonds is 9. The van der Waals surface area contributed by atoms with Crippen LogP contribution in [0.15, 0.2) is 30.3 Å². The molecule has 1 aromatic rings. The number of hydrogen-bond donors (Lipinski definition) is 2. The maximum atomic E-state index is 9.75. The van der Waals surface area contributed by atoms with Crippen LogP contribution in [0.4, 0.5) is 0 Å². The van der Waals surface area contributed by atoms with Gasteiger partial charge in [-0.25, -0.2) is 0 Å². The van der Waals surface area contributed by atoms with E-state index in [4.69, 9.17) is 5.11 Å². The number of aliphatic hydroxyl groups excluding tert-OH is 1. The van der Waals surface area contributed by atoms with Crippen LogP contribution >= 0.6 is 11.8 Å². The summed E-state index contributed by atoms with van der Waals surface area (Å²) in [5.74, 6) is 1.89. The SMILES string of the molecule is N#CC(CCSCCCO)(NC1CC1)c1ccccc1. The first-order chi connectivity index (χ1) is 9.80. The van der Waals surface area contributed by atoms with Gasteiger partial charge in [-0.15, -0.1) is 0 Å². The topological polar surface area (TPSA) is 56.0 Å². The largest absolute Gasteiger partial charge is 0.396 e. The molecule has 1 unspecified atom stereocenters. The Balaban J connectivity index is 2.01. The lowest BCUT2D eigenvalue weighted by atomic mass is 9.88. The van der Waals surface area contributed by atoms with Gasteiger partial charge >= 0.3 is 0 Å². The van der Waals surface area contributed by atoms with Gasteiger partial charge in [0.2, 0.25) is 0 Å². The van der Waals surface area contributed by atoms with E-state index in [2.05, 4.69) is 11.4 Å². The Hall–Kier alpha value is -1.02. The Kier molecular flexibility index (Phi) is 5.90. The third-order valence-corrected chi connectivity index (χ3v) is 4.62. The average molecular weight is 290 g/mol. The molecule has 1 saturated carbocycles. The molecule has 0 aromatic heterocycles. The zero-order chi connectivity index (χ0) is 14.3. The fourth-order valence-electron chi connectivity index (χ4n) is 2.25. The van der Waals surface area contributed by atoms with E-state index in [1.807, 2.05) is 42.1 Å². The van der Waals surface area contributed by atoms with E-state index in [0.717, 1.165) is 29.9 Å². The van der Waals surface area contributed by atoms with Crippen molar-refractivity contribution in [3.8, 4) is 6.07 Å². The van der Waals surface area contributed by atoms with Crippen LogP contribution in [0.25, 0.3) is 0 Å². The molecule has 0 saturated heterocycles. The third kappa shape index (κ3) is 4.24. The molecule has 1 aliphatic carbocycles. The molecule has 0 aliphatic heterocycles. The molecule has 1 atom stereocenters. The first-order valence-corrected chi connectivity index (χ1v) is 8.39. The summed E-state index contributed by atoms with van der Waals surface area (Å²) in [5, 5.41) is 22.1. The zero-order valence-corrected chi connectivity index (χ0v) is 12.5. The molecule has 0 bridgehead atoms. The molecule has 3 nitrogen and oxygen atoms in total. The van der Waals surface area contributed by atoms with Gasteiger partial charge in [-0.3, -0.25) is 5.32 Å². The zero-order valence-electron chi connectivity index (χ0n) is 11.7. The predicted molar refractivity (Wildman–Crippen MR) is 83.5 cm³/mol. The van der Waals surface area contributed by atoms with Crippen molar-refractivity contribution in [3.63, 3.8) is 0 Å². The van der Waals surface area contributed by atoms with Gasteiger partial charge in [-0.2, -0.15) is 17.0 Å². The Morgan fingerprint density at radius 2 is 2.05 bits per heavy atom. The summed E-state index contributed by atoms with van der Waals surface area (Å²) in [6, 6.07) is 13.1. The van der Waals surface area contributed by atoms with Gasteiger partial charge in [-0.05, 0) is 42.8 Å². The summed E-state index contributed by atoms with van der Waals surface area (Å²) >= 11 is 1.81. The highest BCUT2D eigenvalue weighted by Crippen LogP contribution is 2.32. The molecule has 20 heavy (non-hydrogen) atoms. The first kappa shape index (κ1) is 15.4. The molecular formula is C16H22N2OS. The molecule has 2 rings (SSSR count). The molecule has 4 heteroatoms. The fourth-order valence-corrected chi connectivity index (χ4v) is 3.23. The highest BCUT2D eigenvalue weighted by atomic mass is 32.2. The van der Waals surface area contributed by atoms with E-state index in [9.17, 15) is 5.26 Å². The first-order valence-electron chi connectivity index (χ1n) is 7.24. The van der Waals surface area contributed by atoms with E-state index < -0.39 is 5.54 Å². The summed E-state index contributed by atoms with van der Waals surface area (Å²) in [5.41, 5.74) is 0.506. The van der Waals surface area contributed by atoms with Crippen LogP contribution in [0.1, 0.15) is 31.2 Å². The van der Waals surface area contributed by atoms with Crippen LogP contribution in [0, 0.1) is 11.3 Å². The highest BCUT2D eigenvalue weighted by molar-refractivity contribution is 7.99. The molecule has 1 aliphatic rings. The number of nitrogens with zero attached hydrogens (tertiary/aromatic N) is 1. The van der Waals surface area contributed by atoms with Gasteiger partial charge in [0.05, 0.1) is 6.07 Å². The molecule has 0 amide bonds. The van der Waals surface area contributed by atoms with Crippen molar-refractivity contribution in [2.75, 3.05) is 18.1 Å². The second-order valence-electron chi connectivity index (χ2n) is 5.24. The van der Waals surface area contributed by atoms with E-state index in [1.165, 1.54) is 12.8 Å². The quantitative estimate of drug-likeness (QED) is 0.687. The fraction of sp³-hybridized carbons (Fsp3) is 0.562. The normalized spacial score (nSPS) is 17.4. The molecule has 0 heterocycles. The number of thioether (sulfide) groups is 1. The van der Waals surface area contributed by atoms with Gasteiger partial charge in [-0.1, -0.05) is 30.3 Å². The maximum absolute atomic E-state index is 9.75. The van der Waals surface area contributed by atoms with Gasteiger partial charge in [0.1, 0.15) is 5.54 Å². The van der Waals surface area contributed by atoms with Crippen LogP contribution in [0.5, 0.6) is 0 Å². The van der Waals surface area contributed by atoms with E-state index in [-0.39, 0.29) is 6.61 Å². The lowest BCUT2D eigenvalue weighted by Gasteiger charge is -2.28. The molecule has 1 aromatic carbocycles. The summed E-state index contributed by atoms with van der Waals surface area (Å²) in [7, 11) is 0. The Morgan fingerprint density at radius 3 is 2.65 bits per heavy atom. The van der Waals surface area contributed by atoms with E-state index in [1.54, 1.807) is 0 Å². The molecule has 0 spiro atoms. The Bertz CT molecular complexity index is 442. The van der Waals surface area contributed by atoms with Crippen molar-refractivity contribution in [1.29, 1.82) is 5.26 Å². The van der Waals surface area contributed by atoms with Crippen molar-refractivity contribution >= 4 is 11.8 Å². The molecule has 2 N–H and O–H groups in total. The molecule has 108 valence electrons. The number of benzene rings is 1. The minimum absolute atomic E-state index is 0.245. The van der Waals surface area contributed by atoms with E-state index >= 15 is 0 Å². The summed E-state index contributed by atoms with van der Waals surface area (Å²) < 4.78 is 0. The van der Waals surface area contributed by atoms with E-state index in [0.29, 0.717) is 6.04 Å². The standard InChI is InChI=1S/C16H22N2OS/c17-13-16(18-15-7-8-15,9-12-20-11-4-10-19)14-5-2-1-3-6-14/h1-3,5-6,15,18-19H,4,7-12H2. The minimum Gasteiger partial charge on any atom is -0.396 e. The van der Waals surface area contributed by atoms with Crippen molar-refractivity contribution in [1.82, 2.24) is 5.32 Å². The predicted octanol–water partition coefficient (Wildman–Crippen LogP) is 2.66. The van der Waals surface area contributed by atoms with Crippen LogP contribution in [0.3, 0.4) is 0 Å². The monoisotopic (exact) mass is 290 g/mol. The van der Waals surface area contributed by atoms with Crippen LogP contribution in [0.2, 0.25) is 0 Å². The molecular weight excluding hydrogens is 268 g/mol. The second kappa shape index (κ2) is 7.68. The van der Waals surface area contributed by atoms with Gasteiger partial charge in [0.15, 0.2) is 0 Å². The number of nitrogens with one attached hydrogen (secondary N) is 1. The summed E-state index contributed by atoms with van der Waals surface area (Å²) in [4.78, 5) is 0. The minimum atomic E-state index is -0.561. The Labute approximate surface area is 125 Å². The number of hydrogen-bond acceptors (Lipinski definition) is 4. The second-order valence-corrected chi connectivity index (χ2v) is 6.47. The number of aliphatic hydroxyl groups is 1. The summed E-state index contributed by atoms with van der Waals surface area (Å²) in [6.07, 6.45) is 3.98. The van der Waals surface area contributed by atoms with Crippen molar-refractivity contribution in [2.45, 2.75) is 37.3 Å². The number of nitriles is 1. The van der Waals surface area contributed by atoms with Crippen LogP contribution in [-0.4, -0.2) is 29.3 Å². The lowest BCUT2D eigenvalue weighted by Crippen LogP contribution is -2.43. The molecule has 1 fully saturated rings. The highest BCUT2D eigenvalue weighted by Gasteiger charge is 2.37. The van der Waals surface area contributed by atoms with Gasteiger partial charge in [0, 0.05) is 12.6 Å². The van der Waals surface area contributed by atoms with Gasteiger partial charge < -0.3 is 5.11 Å². The average Bonchev–Trinajstić information content (AvgIpc) is 3.30. The lowest BCUT2D eigenvalue weighted by molar-refractivity contribution is 0.296. The summed E-state index contributed by atoms with van der Waals surface area (Å²) in [6.45, 7) is 0.245. The van der Waals surface area contributed by atoms with Crippen molar-refractivity contribution < 1.29 is 5.11 Å². The maximum Gasteiger partial charge on any atom is 0.133 e. The smallest absolute Gasteiger partial charge is 0.133 e. The third-order valence-electron chi connectivity index (χ3n) is 3.55. The van der Waals surface area contributed by atoms with Crippen LogP contribution < -0.4 is 5.32 Å². The van der Waals surface area contributed by atoms with Gasteiger partial charge in [0.25, 0.3) is 0 Å². The van der Waals surface area contributed by atoms with Crippen LogP contribution in [-0.2, 0) is 5.54 Å². The van der Waals surface area contributed by atoms with Crippen molar-refractivity contribution in [3.05, 3.63) is 35.9 Å². The van der Waals surface area contributed by atoms with Crippen molar-refractivity contribution in [2.24, 2.45) is 0 Å². The Morgan fingerprint density at radius 1 is 1.30 bits per heavy atom.